The van der Waals surface area contributed by atoms with E-state index in [1.807, 2.05) is 6.07 Å². The number of hydrogen-bond donors (Lipinski definition) is 1. The van der Waals surface area contributed by atoms with Crippen LogP contribution in [-0.4, -0.2) is 19.8 Å². The van der Waals surface area contributed by atoms with E-state index >= 15 is 0 Å². The lowest BCUT2D eigenvalue weighted by Gasteiger charge is -2.21. The molecule has 1 aliphatic heterocycles. The van der Waals surface area contributed by atoms with Gasteiger partial charge in [-0.05, 0) is 43.0 Å². The van der Waals surface area contributed by atoms with Crippen LogP contribution in [0.3, 0.4) is 0 Å². The SMILES string of the molecule is CCCC(CCN)c1ccc2c(c1)OCCO2. The standard InChI is InChI=1S/C14H21NO2/c1-2-3-11(6-7-15)12-4-5-13-14(10-12)17-9-8-16-13/h4-5,10-11H,2-3,6-9,15H2,1H3. The van der Waals surface area contributed by atoms with Crippen LogP contribution in [0, 0.1) is 0 Å². The van der Waals surface area contributed by atoms with Crippen molar-refractivity contribution in [2.24, 2.45) is 5.73 Å². The fraction of sp³-hybridized carbons (Fsp3) is 0.571. The molecule has 17 heavy (non-hydrogen) atoms. The molecule has 0 aromatic heterocycles. The summed E-state index contributed by atoms with van der Waals surface area (Å²) < 4.78 is 11.1. The van der Waals surface area contributed by atoms with Crippen LogP contribution in [0.5, 0.6) is 11.5 Å². The van der Waals surface area contributed by atoms with E-state index in [0.717, 1.165) is 24.5 Å². The predicted octanol–water partition coefficient (Wildman–Crippen LogP) is 2.69. The van der Waals surface area contributed by atoms with Crippen molar-refractivity contribution in [1.29, 1.82) is 0 Å². The number of nitrogens with two attached hydrogens (primary N) is 1. The number of benzene rings is 1. The number of rotatable bonds is 5. The van der Waals surface area contributed by atoms with Crippen molar-refractivity contribution in [1.82, 2.24) is 0 Å². The van der Waals surface area contributed by atoms with Gasteiger partial charge >= 0.3 is 0 Å². The van der Waals surface area contributed by atoms with Crippen molar-refractivity contribution >= 4 is 0 Å². The Kier molecular flexibility index (Phi) is 4.26. The van der Waals surface area contributed by atoms with Gasteiger partial charge in [-0.15, -0.1) is 0 Å². The summed E-state index contributed by atoms with van der Waals surface area (Å²) in [5, 5.41) is 0. The van der Waals surface area contributed by atoms with Crippen LogP contribution in [0.4, 0.5) is 0 Å². The summed E-state index contributed by atoms with van der Waals surface area (Å²) in [6.45, 7) is 4.24. The summed E-state index contributed by atoms with van der Waals surface area (Å²) >= 11 is 0. The molecule has 0 bridgehead atoms. The van der Waals surface area contributed by atoms with E-state index in [4.69, 9.17) is 15.2 Å². The minimum Gasteiger partial charge on any atom is -0.486 e. The number of hydrogen-bond acceptors (Lipinski definition) is 3. The van der Waals surface area contributed by atoms with E-state index in [-0.39, 0.29) is 0 Å². The number of ether oxygens (including phenoxy) is 2. The lowest BCUT2D eigenvalue weighted by Crippen LogP contribution is -2.16. The lowest BCUT2D eigenvalue weighted by molar-refractivity contribution is 0.171. The molecule has 94 valence electrons. The zero-order valence-electron chi connectivity index (χ0n) is 10.4. The minimum atomic E-state index is 0.542. The molecular weight excluding hydrogens is 214 g/mol. The smallest absolute Gasteiger partial charge is 0.161 e. The third kappa shape index (κ3) is 2.91. The molecular formula is C14H21NO2. The van der Waals surface area contributed by atoms with Crippen LogP contribution in [-0.2, 0) is 0 Å². The molecule has 2 N–H and O–H groups in total. The molecule has 2 rings (SSSR count). The average Bonchev–Trinajstić information content (AvgIpc) is 2.38. The second-order valence-electron chi connectivity index (χ2n) is 4.47. The van der Waals surface area contributed by atoms with Gasteiger partial charge in [0.15, 0.2) is 11.5 Å². The van der Waals surface area contributed by atoms with Gasteiger partial charge in [-0.3, -0.25) is 0 Å². The minimum absolute atomic E-state index is 0.542. The van der Waals surface area contributed by atoms with Crippen molar-refractivity contribution in [3.05, 3.63) is 23.8 Å². The van der Waals surface area contributed by atoms with Crippen molar-refractivity contribution in [2.45, 2.75) is 32.1 Å². The van der Waals surface area contributed by atoms with Gasteiger partial charge < -0.3 is 15.2 Å². The van der Waals surface area contributed by atoms with Gasteiger partial charge in [0.2, 0.25) is 0 Å². The fourth-order valence-corrected chi connectivity index (χ4v) is 2.34. The van der Waals surface area contributed by atoms with Crippen LogP contribution in [0.2, 0.25) is 0 Å². The molecule has 0 fully saturated rings. The molecule has 0 amide bonds. The lowest BCUT2D eigenvalue weighted by atomic mass is 9.91. The largest absolute Gasteiger partial charge is 0.486 e. The molecule has 3 nitrogen and oxygen atoms in total. The zero-order chi connectivity index (χ0) is 12.1. The first-order chi connectivity index (χ1) is 8.35. The quantitative estimate of drug-likeness (QED) is 0.853. The zero-order valence-corrected chi connectivity index (χ0v) is 10.4. The molecule has 1 heterocycles. The summed E-state index contributed by atoms with van der Waals surface area (Å²) in [4.78, 5) is 0. The van der Waals surface area contributed by atoms with Gasteiger partial charge in [-0.2, -0.15) is 0 Å². The Balaban J connectivity index is 2.18. The Morgan fingerprint density at radius 2 is 1.94 bits per heavy atom. The van der Waals surface area contributed by atoms with Crippen molar-refractivity contribution in [3.8, 4) is 11.5 Å². The highest BCUT2D eigenvalue weighted by molar-refractivity contribution is 5.44. The summed E-state index contributed by atoms with van der Waals surface area (Å²) in [7, 11) is 0. The van der Waals surface area contributed by atoms with Crippen molar-refractivity contribution < 1.29 is 9.47 Å². The highest BCUT2D eigenvalue weighted by atomic mass is 16.6. The molecule has 0 aliphatic carbocycles. The van der Waals surface area contributed by atoms with Crippen molar-refractivity contribution in [2.75, 3.05) is 19.8 Å². The van der Waals surface area contributed by atoms with E-state index in [1.54, 1.807) is 0 Å². The first-order valence-corrected chi connectivity index (χ1v) is 6.44. The topological polar surface area (TPSA) is 44.5 Å². The Bertz CT molecular complexity index is 359. The highest BCUT2D eigenvalue weighted by Crippen LogP contribution is 2.35. The third-order valence-corrected chi connectivity index (χ3v) is 3.19. The van der Waals surface area contributed by atoms with Crippen LogP contribution in [0.15, 0.2) is 18.2 Å². The molecule has 0 radical (unpaired) electrons. The molecule has 0 spiro atoms. The van der Waals surface area contributed by atoms with Gasteiger partial charge in [-0.25, -0.2) is 0 Å². The first-order valence-electron chi connectivity index (χ1n) is 6.44. The van der Waals surface area contributed by atoms with E-state index in [1.165, 1.54) is 18.4 Å². The maximum absolute atomic E-state index is 5.68. The second kappa shape index (κ2) is 5.92. The Hall–Kier alpha value is -1.22. The monoisotopic (exact) mass is 235 g/mol. The molecule has 3 heteroatoms. The van der Waals surface area contributed by atoms with Crippen LogP contribution >= 0.6 is 0 Å². The molecule has 1 aliphatic rings. The molecule has 1 atom stereocenters. The summed E-state index contributed by atoms with van der Waals surface area (Å²) in [6, 6.07) is 6.27. The van der Waals surface area contributed by atoms with Crippen LogP contribution in [0.25, 0.3) is 0 Å². The molecule has 0 saturated heterocycles. The van der Waals surface area contributed by atoms with Gasteiger partial charge in [0, 0.05) is 0 Å². The maximum Gasteiger partial charge on any atom is 0.161 e. The maximum atomic E-state index is 5.68. The summed E-state index contributed by atoms with van der Waals surface area (Å²) in [6.07, 6.45) is 3.39. The van der Waals surface area contributed by atoms with Gasteiger partial charge in [0.25, 0.3) is 0 Å². The van der Waals surface area contributed by atoms with Gasteiger partial charge in [0.05, 0.1) is 0 Å². The van der Waals surface area contributed by atoms with Crippen molar-refractivity contribution in [3.63, 3.8) is 0 Å². The van der Waals surface area contributed by atoms with Crippen LogP contribution < -0.4 is 15.2 Å². The Morgan fingerprint density at radius 3 is 2.65 bits per heavy atom. The average molecular weight is 235 g/mol. The van der Waals surface area contributed by atoms with Gasteiger partial charge in [-0.1, -0.05) is 19.4 Å². The summed E-state index contributed by atoms with van der Waals surface area (Å²) in [5.41, 5.74) is 7.00. The van der Waals surface area contributed by atoms with E-state index in [9.17, 15) is 0 Å². The molecule has 0 saturated carbocycles. The normalized spacial score (nSPS) is 15.6. The molecule has 1 aromatic carbocycles. The fourth-order valence-electron chi connectivity index (χ4n) is 2.34. The van der Waals surface area contributed by atoms with Crippen LogP contribution in [0.1, 0.15) is 37.7 Å². The van der Waals surface area contributed by atoms with Gasteiger partial charge in [0.1, 0.15) is 13.2 Å². The van der Waals surface area contributed by atoms with E-state index in [2.05, 4.69) is 19.1 Å². The third-order valence-electron chi connectivity index (χ3n) is 3.19. The van der Waals surface area contributed by atoms with E-state index < -0.39 is 0 Å². The first kappa shape index (κ1) is 12.2. The summed E-state index contributed by atoms with van der Waals surface area (Å²) in [5.74, 6) is 2.29. The second-order valence-corrected chi connectivity index (χ2v) is 4.47. The highest BCUT2D eigenvalue weighted by Gasteiger charge is 2.16. The number of fused-ring (bicyclic) bond motifs is 1. The molecule has 1 aromatic rings. The predicted molar refractivity (Wildman–Crippen MR) is 68.8 cm³/mol. The van der Waals surface area contributed by atoms with E-state index in [0.29, 0.717) is 19.1 Å². The Morgan fingerprint density at radius 1 is 1.18 bits per heavy atom. The molecule has 1 unspecified atom stereocenters. The Labute approximate surface area is 103 Å².